The molecular formula is C15H16N4O3. The summed E-state index contributed by atoms with van der Waals surface area (Å²) in [5.41, 5.74) is 1.20. The number of carbonyl (C=O) groups excluding carboxylic acids is 2. The number of nitrogens with one attached hydrogen (secondary N) is 1. The fourth-order valence-electron chi connectivity index (χ4n) is 2.35. The maximum atomic E-state index is 12.3. The molecule has 0 bridgehead atoms. The molecule has 22 heavy (non-hydrogen) atoms. The number of rotatable bonds is 3. The summed E-state index contributed by atoms with van der Waals surface area (Å²) in [4.78, 5) is 25.9. The fraction of sp³-hybridized carbons (Fsp3) is 0.267. The molecule has 0 saturated carbocycles. The fourth-order valence-corrected chi connectivity index (χ4v) is 2.35. The molecule has 2 aromatic rings. The lowest BCUT2D eigenvalue weighted by Crippen LogP contribution is -2.47. The number of amides is 2. The number of ether oxygens (including phenoxy) is 1. The second-order valence-electron chi connectivity index (χ2n) is 5.10. The highest BCUT2D eigenvalue weighted by Gasteiger charge is 2.32. The Morgan fingerprint density at radius 1 is 1.41 bits per heavy atom. The van der Waals surface area contributed by atoms with Crippen LogP contribution in [0.2, 0.25) is 0 Å². The van der Waals surface area contributed by atoms with Crippen LogP contribution < -0.4 is 15.0 Å². The van der Waals surface area contributed by atoms with Crippen molar-refractivity contribution in [2.24, 2.45) is 7.05 Å². The number of aromatic nitrogens is 2. The third kappa shape index (κ3) is 2.65. The number of para-hydroxylation sites is 2. The zero-order valence-electron chi connectivity index (χ0n) is 12.3. The van der Waals surface area contributed by atoms with E-state index >= 15 is 0 Å². The van der Waals surface area contributed by atoms with Crippen LogP contribution in [0.5, 0.6) is 5.75 Å². The standard InChI is InChI=1S/C15H16N4O3/c1-10-15(21)19(12-5-3-4-6-13(12)22-10)9-14(20)17-11-7-16-18(2)8-11/h3-8,10H,9H2,1-2H3,(H,17,20)/t10-/m0/s1. The van der Waals surface area contributed by atoms with Crippen LogP contribution in [0.3, 0.4) is 0 Å². The van der Waals surface area contributed by atoms with Crippen LogP contribution in [-0.2, 0) is 16.6 Å². The van der Waals surface area contributed by atoms with Gasteiger partial charge in [-0.2, -0.15) is 5.10 Å². The zero-order valence-corrected chi connectivity index (χ0v) is 12.3. The second kappa shape index (κ2) is 5.51. The Labute approximate surface area is 127 Å². The highest BCUT2D eigenvalue weighted by molar-refractivity contribution is 6.06. The van der Waals surface area contributed by atoms with E-state index in [0.29, 0.717) is 17.1 Å². The van der Waals surface area contributed by atoms with E-state index in [9.17, 15) is 9.59 Å². The number of carbonyl (C=O) groups is 2. The minimum atomic E-state index is -0.610. The van der Waals surface area contributed by atoms with Crippen molar-refractivity contribution in [3.8, 4) is 5.75 Å². The van der Waals surface area contributed by atoms with E-state index in [1.807, 2.05) is 6.07 Å². The third-order valence-electron chi connectivity index (χ3n) is 3.36. The van der Waals surface area contributed by atoms with Gasteiger partial charge in [0.1, 0.15) is 12.3 Å². The van der Waals surface area contributed by atoms with Gasteiger partial charge in [-0.05, 0) is 19.1 Å². The van der Waals surface area contributed by atoms with Gasteiger partial charge < -0.3 is 10.1 Å². The van der Waals surface area contributed by atoms with Crippen LogP contribution >= 0.6 is 0 Å². The van der Waals surface area contributed by atoms with E-state index < -0.39 is 6.10 Å². The number of fused-ring (bicyclic) bond motifs is 1. The first-order valence-corrected chi connectivity index (χ1v) is 6.90. The molecular weight excluding hydrogens is 284 g/mol. The SMILES string of the molecule is C[C@@H]1Oc2ccccc2N(CC(=O)Nc2cnn(C)c2)C1=O. The predicted molar refractivity (Wildman–Crippen MR) is 80.7 cm³/mol. The van der Waals surface area contributed by atoms with Crippen molar-refractivity contribution in [2.45, 2.75) is 13.0 Å². The first kappa shape index (κ1) is 14.1. The van der Waals surface area contributed by atoms with Crippen molar-refractivity contribution in [3.63, 3.8) is 0 Å². The van der Waals surface area contributed by atoms with Crippen LogP contribution in [0.15, 0.2) is 36.7 Å². The van der Waals surface area contributed by atoms with E-state index in [-0.39, 0.29) is 18.4 Å². The smallest absolute Gasteiger partial charge is 0.268 e. The molecule has 2 amide bonds. The third-order valence-corrected chi connectivity index (χ3v) is 3.36. The van der Waals surface area contributed by atoms with Crippen LogP contribution in [0.4, 0.5) is 11.4 Å². The zero-order chi connectivity index (χ0) is 15.7. The Morgan fingerprint density at radius 2 is 2.18 bits per heavy atom. The summed E-state index contributed by atoms with van der Waals surface area (Å²) in [6, 6.07) is 7.17. The highest BCUT2D eigenvalue weighted by atomic mass is 16.5. The maximum absolute atomic E-state index is 12.3. The van der Waals surface area contributed by atoms with E-state index in [1.54, 1.807) is 49.2 Å². The van der Waals surface area contributed by atoms with Gasteiger partial charge in [-0.25, -0.2) is 0 Å². The number of anilines is 2. The van der Waals surface area contributed by atoms with Gasteiger partial charge >= 0.3 is 0 Å². The molecule has 1 N–H and O–H groups in total. The monoisotopic (exact) mass is 300 g/mol. The first-order chi connectivity index (χ1) is 10.5. The van der Waals surface area contributed by atoms with Crippen molar-refractivity contribution in [1.29, 1.82) is 0 Å². The molecule has 114 valence electrons. The summed E-state index contributed by atoms with van der Waals surface area (Å²) in [6.07, 6.45) is 2.63. The Bertz CT molecular complexity index is 725. The van der Waals surface area contributed by atoms with E-state index in [4.69, 9.17) is 4.74 Å². The minimum Gasteiger partial charge on any atom is -0.479 e. The van der Waals surface area contributed by atoms with Gasteiger partial charge in [0.25, 0.3) is 5.91 Å². The summed E-state index contributed by atoms with van der Waals surface area (Å²) in [7, 11) is 1.76. The maximum Gasteiger partial charge on any atom is 0.268 e. The van der Waals surface area contributed by atoms with Gasteiger partial charge in [0.05, 0.1) is 17.6 Å². The normalized spacial score (nSPS) is 16.9. The molecule has 0 aliphatic carbocycles. The lowest BCUT2D eigenvalue weighted by atomic mass is 10.2. The molecule has 7 nitrogen and oxygen atoms in total. The van der Waals surface area contributed by atoms with E-state index in [0.717, 1.165) is 0 Å². The van der Waals surface area contributed by atoms with Crippen molar-refractivity contribution < 1.29 is 14.3 Å². The molecule has 0 spiro atoms. The van der Waals surface area contributed by atoms with E-state index in [2.05, 4.69) is 10.4 Å². The summed E-state index contributed by atoms with van der Waals surface area (Å²) < 4.78 is 7.13. The van der Waals surface area contributed by atoms with Crippen LogP contribution in [-0.4, -0.2) is 34.2 Å². The molecule has 7 heteroatoms. The average molecular weight is 300 g/mol. The summed E-state index contributed by atoms with van der Waals surface area (Å²) in [5.74, 6) is 0.0778. The molecule has 0 fully saturated rings. The molecule has 1 aliphatic heterocycles. The van der Waals surface area contributed by atoms with Gasteiger partial charge in [0.15, 0.2) is 6.10 Å². The Balaban J connectivity index is 1.78. The van der Waals surface area contributed by atoms with Gasteiger partial charge in [0, 0.05) is 13.2 Å². The predicted octanol–water partition coefficient (Wildman–Crippen LogP) is 1.17. The summed E-state index contributed by atoms with van der Waals surface area (Å²) in [5, 5.41) is 6.70. The lowest BCUT2D eigenvalue weighted by Gasteiger charge is -2.32. The largest absolute Gasteiger partial charge is 0.479 e. The molecule has 1 aliphatic rings. The summed E-state index contributed by atoms with van der Waals surface area (Å²) in [6.45, 7) is 1.60. The van der Waals surface area contributed by atoms with Crippen LogP contribution in [0.25, 0.3) is 0 Å². The molecule has 1 aromatic heterocycles. The number of hydrogen-bond acceptors (Lipinski definition) is 4. The van der Waals surface area contributed by atoms with Crippen molar-refractivity contribution in [1.82, 2.24) is 9.78 Å². The van der Waals surface area contributed by atoms with Crippen molar-refractivity contribution >= 4 is 23.2 Å². The molecule has 2 heterocycles. The summed E-state index contributed by atoms with van der Waals surface area (Å²) >= 11 is 0. The Morgan fingerprint density at radius 3 is 2.91 bits per heavy atom. The van der Waals surface area contributed by atoms with E-state index in [1.165, 1.54) is 4.90 Å². The molecule has 0 unspecified atom stereocenters. The number of aryl methyl sites for hydroxylation is 1. The molecule has 0 radical (unpaired) electrons. The number of nitrogens with zero attached hydrogens (tertiary/aromatic N) is 3. The quantitative estimate of drug-likeness (QED) is 0.923. The topological polar surface area (TPSA) is 76.5 Å². The minimum absolute atomic E-state index is 0.0710. The molecule has 1 aromatic carbocycles. The van der Waals surface area contributed by atoms with Gasteiger partial charge in [0.2, 0.25) is 5.91 Å². The first-order valence-electron chi connectivity index (χ1n) is 6.90. The number of hydrogen-bond donors (Lipinski definition) is 1. The Hall–Kier alpha value is -2.83. The second-order valence-corrected chi connectivity index (χ2v) is 5.10. The van der Waals surface area contributed by atoms with Gasteiger partial charge in [-0.1, -0.05) is 12.1 Å². The Kier molecular flexibility index (Phi) is 3.54. The van der Waals surface area contributed by atoms with Gasteiger partial charge in [-0.3, -0.25) is 19.2 Å². The van der Waals surface area contributed by atoms with Crippen molar-refractivity contribution in [2.75, 3.05) is 16.8 Å². The molecule has 3 rings (SSSR count). The van der Waals surface area contributed by atoms with Crippen molar-refractivity contribution in [3.05, 3.63) is 36.7 Å². The average Bonchev–Trinajstić information content (AvgIpc) is 2.89. The molecule has 0 saturated heterocycles. The lowest BCUT2D eigenvalue weighted by molar-refractivity contribution is -0.127. The highest BCUT2D eigenvalue weighted by Crippen LogP contribution is 2.33. The van der Waals surface area contributed by atoms with Crippen LogP contribution in [0.1, 0.15) is 6.92 Å². The number of benzene rings is 1. The molecule has 1 atom stereocenters. The van der Waals surface area contributed by atoms with Gasteiger partial charge in [-0.15, -0.1) is 0 Å². The van der Waals surface area contributed by atoms with Crippen LogP contribution in [0, 0.1) is 0 Å².